The van der Waals surface area contributed by atoms with E-state index in [1.807, 2.05) is 0 Å². The van der Waals surface area contributed by atoms with Gasteiger partial charge in [-0.05, 0) is 13.1 Å². The van der Waals surface area contributed by atoms with Crippen molar-refractivity contribution in [3.05, 3.63) is 0 Å². The summed E-state index contributed by atoms with van der Waals surface area (Å²) in [6.45, 7) is 3.25. The van der Waals surface area contributed by atoms with Crippen LogP contribution in [0.3, 0.4) is 0 Å². The fourth-order valence-electron chi connectivity index (χ4n) is 1.96. The highest BCUT2D eigenvalue weighted by Crippen LogP contribution is 2.31. The zero-order chi connectivity index (χ0) is 10.9. The summed E-state index contributed by atoms with van der Waals surface area (Å²) in [6, 6.07) is 0. The zero-order valence-electron chi connectivity index (χ0n) is 8.62. The number of amides is 1. The van der Waals surface area contributed by atoms with Gasteiger partial charge < -0.3 is 14.9 Å². The molecule has 15 heavy (non-hydrogen) atoms. The minimum Gasteiger partial charge on any atom is -0.439 e. The fraction of sp³-hybridized carbons (Fsp3) is 0.778. The SMILES string of the molecule is CC(=O)ON1CC2(CCNCC2)OC1=O. The van der Waals surface area contributed by atoms with Gasteiger partial charge in [-0.1, -0.05) is 0 Å². The van der Waals surface area contributed by atoms with Crippen molar-refractivity contribution in [3.8, 4) is 0 Å². The summed E-state index contributed by atoms with van der Waals surface area (Å²) in [7, 11) is 0. The van der Waals surface area contributed by atoms with Crippen LogP contribution in [0.4, 0.5) is 4.79 Å². The number of ether oxygens (including phenoxy) is 1. The maximum absolute atomic E-state index is 11.4. The maximum atomic E-state index is 11.4. The molecule has 0 radical (unpaired) electrons. The standard InChI is InChI=1S/C9H14N2O4/c1-7(12)15-11-6-9(14-8(11)13)2-4-10-5-3-9/h10H,2-6H2,1H3. The van der Waals surface area contributed by atoms with E-state index in [2.05, 4.69) is 5.32 Å². The third kappa shape index (κ3) is 2.04. The van der Waals surface area contributed by atoms with Gasteiger partial charge in [-0.15, -0.1) is 5.06 Å². The summed E-state index contributed by atoms with van der Waals surface area (Å²) >= 11 is 0. The molecule has 6 heteroatoms. The predicted octanol–water partition coefficient (Wildman–Crippen LogP) is 0.0389. The second-order valence-corrected chi connectivity index (χ2v) is 3.92. The minimum absolute atomic E-state index is 0.340. The summed E-state index contributed by atoms with van der Waals surface area (Å²) in [5.74, 6) is -0.502. The van der Waals surface area contributed by atoms with E-state index in [1.54, 1.807) is 0 Å². The Balaban J connectivity index is 2.01. The molecule has 2 aliphatic rings. The van der Waals surface area contributed by atoms with Crippen LogP contribution in [0.2, 0.25) is 0 Å². The molecule has 0 aromatic heterocycles. The fourth-order valence-corrected chi connectivity index (χ4v) is 1.96. The number of nitrogens with one attached hydrogen (secondary N) is 1. The molecule has 0 bridgehead atoms. The monoisotopic (exact) mass is 214 g/mol. The molecule has 0 aromatic rings. The Morgan fingerprint density at radius 3 is 2.80 bits per heavy atom. The maximum Gasteiger partial charge on any atom is 0.444 e. The van der Waals surface area contributed by atoms with Gasteiger partial charge in [0.1, 0.15) is 12.1 Å². The summed E-state index contributed by atoms with van der Waals surface area (Å²) in [5, 5.41) is 4.20. The lowest BCUT2D eigenvalue weighted by Crippen LogP contribution is -2.44. The van der Waals surface area contributed by atoms with Crippen molar-refractivity contribution in [2.75, 3.05) is 19.6 Å². The lowest BCUT2D eigenvalue weighted by molar-refractivity contribution is -0.172. The molecular formula is C9H14N2O4. The molecule has 0 aromatic carbocycles. The van der Waals surface area contributed by atoms with Gasteiger partial charge in [0.25, 0.3) is 0 Å². The average molecular weight is 214 g/mol. The molecule has 1 N–H and O–H groups in total. The van der Waals surface area contributed by atoms with Gasteiger partial charge in [-0.2, -0.15) is 0 Å². The van der Waals surface area contributed by atoms with E-state index in [1.165, 1.54) is 6.92 Å². The Hall–Kier alpha value is -1.30. The van der Waals surface area contributed by atoms with Crippen molar-refractivity contribution >= 4 is 12.1 Å². The molecule has 2 aliphatic heterocycles. The number of carbonyl (C=O) groups excluding carboxylic acids is 2. The van der Waals surface area contributed by atoms with Crippen molar-refractivity contribution in [1.82, 2.24) is 10.4 Å². The molecule has 1 amide bonds. The first kappa shape index (κ1) is 10.2. The van der Waals surface area contributed by atoms with Crippen molar-refractivity contribution in [3.63, 3.8) is 0 Å². The van der Waals surface area contributed by atoms with E-state index in [4.69, 9.17) is 9.57 Å². The highest BCUT2D eigenvalue weighted by Gasteiger charge is 2.47. The number of carbonyl (C=O) groups is 2. The first-order valence-corrected chi connectivity index (χ1v) is 5.01. The van der Waals surface area contributed by atoms with Gasteiger partial charge in [0.15, 0.2) is 0 Å². The van der Waals surface area contributed by atoms with E-state index in [0.29, 0.717) is 6.54 Å². The van der Waals surface area contributed by atoms with Crippen molar-refractivity contribution in [2.45, 2.75) is 25.4 Å². The van der Waals surface area contributed by atoms with Crippen LogP contribution < -0.4 is 5.32 Å². The van der Waals surface area contributed by atoms with E-state index in [-0.39, 0.29) is 0 Å². The van der Waals surface area contributed by atoms with Crippen LogP contribution in [-0.4, -0.2) is 42.4 Å². The smallest absolute Gasteiger partial charge is 0.439 e. The number of piperidine rings is 1. The van der Waals surface area contributed by atoms with Gasteiger partial charge in [-0.3, -0.25) is 4.79 Å². The number of rotatable bonds is 1. The van der Waals surface area contributed by atoms with Gasteiger partial charge in [-0.25, -0.2) is 4.79 Å². The second kappa shape index (κ2) is 3.69. The average Bonchev–Trinajstić information content (AvgIpc) is 2.43. The molecule has 1 spiro atoms. The normalized spacial score (nSPS) is 24.1. The van der Waals surface area contributed by atoms with Crippen LogP contribution in [0.25, 0.3) is 0 Å². The van der Waals surface area contributed by atoms with Crippen LogP contribution in [0.5, 0.6) is 0 Å². The molecular weight excluding hydrogens is 200 g/mol. The lowest BCUT2D eigenvalue weighted by Gasteiger charge is -2.30. The second-order valence-electron chi connectivity index (χ2n) is 3.92. The van der Waals surface area contributed by atoms with Crippen molar-refractivity contribution in [1.29, 1.82) is 0 Å². The van der Waals surface area contributed by atoms with E-state index < -0.39 is 17.7 Å². The quantitative estimate of drug-likeness (QED) is 0.667. The summed E-state index contributed by atoms with van der Waals surface area (Å²) in [6.07, 6.45) is 0.958. The molecule has 6 nitrogen and oxygen atoms in total. The number of hydrogen-bond donors (Lipinski definition) is 1. The van der Waals surface area contributed by atoms with E-state index in [0.717, 1.165) is 31.0 Å². The van der Waals surface area contributed by atoms with Gasteiger partial charge >= 0.3 is 12.1 Å². The van der Waals surface area contributed by atoms with E-state index >= 15 is 0 Å². The van der Waals surface area contributed by atoms with Crippen molar-refractivity contribution in [2.24, 2.45) is 0 Å². The molecule has 0 saturated carbocycles. The molecule has 0 unspecified atom stereocenters. The van der Waals surface area contributed by atoms with Crippen LogP contribution in [-0.2, 0) is 14.4 Å². The molecule has 84 valence electrons. The summed E-state index contributed by atoms with van der Waals surface area (Å²) < 4.78 is 5.27. The Morgan fingerprint density at radius 1 is 1.53 bits per heavy atom. The Labute approximate surface area is 87.5 Å². The molecule has 2 fully saturated rings. The van der Waals surface area contributed by atoms with Crippen LogP contribution in [0.15, 0.2) is 0 Å². The Bertz CT molecular complexity index is 286. The summed E-state index contributed by atoms with van der Waals surface area (Å²) in [4.78, 5) is 26.9. The summed E-state index contributed by atoms with van der Waals surface area (Å²) in [5.41, 5.74) is -0.461. The topological polar surface area (TPSA) is 67.9 Å². The first-order valence-electron chi connectivity index (χ1n) is 5.01. The van der Waals surface area contributed by atoms with Crippen LogP contribution in [0, 0.1) is 0 Å². The van der Waals surface area contributed by atoms with E-state index in [9.17, 15) is 9.59 Å². The highest BCUT2D eigenvalue weighted by atomic mass is 16.8. The molecule has 2 rings (SSSR count). The van der Waals surface area contributed by atoms with Gasteiger partial charge in [0.05, 0.1) is 0 Å². The van der Waals surface area contributed by atoms with Crippen LogP contribution >= 0.6 is 0 Å². The Kier molecular flexibility index (Phi) is 2.52. The number of hydroxylamine groups is 2. The molecule has 0 aliphatic carbocycles. The van der Waals surface area contributed by atoms with Crippen molar-refractivity contribution < 1.29 is 19.2 Å². The highest BCUT2D eigenvalue weighted by molar-refractivity contribution is 5.73. The predicted molar refractivity (Wildman–Crippen MR) is 49.8 cm³/mol. The third-order valence-corrected chi connectivity index (χ3v) is 2.69. The first-order chi connectivity index (χ1) is 7.11. The van der Waals surface area contributed by atoms with Gasteiger partial charge in [0.2, 0.25) is 0 Å². The van der Waals surface area contributed by atoms with Gasteiger partial charge in [0, 0.05) is 19.8 Å². The zero-order valence-corrected chi connectivity index (χ0v) is 8.62. The largest absolute Gasteiger partial charge is 0.444 e. The molecule has 2 heterocycles. The molecule has 2 saturated heterocycles. The number of nitrogens with zero attached hydrogens (tertiary/aromatic N) is 1. The Morgan fingerprint density at radius 2 is 2.20 bits per heavy atom. The van der Waals surface area contributed by atoms with Crippen LogP contribution in [0.1, 0.15) is 19.8 Å². The lowest BCUT2D eigenvalue weighted by atomic mass is 9.93. The molecule has 0 atom stereocenters. The third-order valence-electron chi connectivity index (χ3n) is 2.69. The number of hydrogen-bond acceptors (Lipinski definition) is 5. The minimum atomic E-state index is -0.563.